The van der Waals surface area contributed by atoms with Crippen LogP contribution in [0.4, 0.5) is 0 Å². The predicted molar refractivity (Wildman–Crippen MR) is 91.4 cm³/mol. The highest BCUT2D eigenvalue weighted by molar-refractivity contribution is 5.86. The molecular weight excluding hydrogens is 322 g/mol. The van der Waals surface area contributed by atoms with Crippen LogP contribution in [0.2, 0.25) is 0 Å². The Bertz CT molecular complexity index is 708. The molecule has 0 saturated heterocycles. The minimum Gasteiger partial charge on any atom is -0.461 e. The first-order valence-electron chi connectivity index (χ1n) is 8.06. The number of aryl methyl sites for hydroxylation is 2. The zero-order valence-electron chi connectivity index (χ0n) is 14.6. The number of amides is 1. The summed E-state index contributed by atoms with van der Waals surface area (Å²) >= 11 is 0. The summed E-state index contributed by atoms with van der Waals surface area (Å²) in [5, 5.41) is 6.63. The van der Waals surface area contributed by atoms with E-state index in [0.29, 0.717) is 11.5 Å². The van der Waals surface area contributed by atoms with Crippen LogP contribution in [0.5, 0.6) is 0 Å². The molecule has 1 aromatic carbocycles. The molecule has 0 spiro atoms. The van der Waals surface area contributed by atoms with Gasteiger partial charge in [0.15, 0.2) is 0 Å². The normalized spacial score (nSPS) is 13.1. The van der Waals surface area contributed by atoms with Gasteiger partial charge in [-0.2, -0.15) is 0 Å². The van der Waals surface area contributed by atoms with Gasteiger partial charge in [-0.3, -0.25) is 9.59 Å². The summed E-state index contributed by atoms with van der Waals surface area (Å²) in [6, 6.07) is 8.01. The number of ether oxygens (including phenoxy) is 1. The second-order valence-corrected chi connectivity index (χ2v) is 5.93. The smallest absolute Gasteiger partial charge is 0.308 e. The number of carbonyl (C=O) groups is 2. The zero-order chi connectivity index (χ0) is 18.4. The Hall–Kier alpha value is -2.67. The van der Waals surface area contributed by atoms with Crippen LogP contribution in [0.3, 0.4) is 0 Å². The number of benzene rings is 1. The first-order chi connectivity index (χ1) is 11.9. The summed E-state index contributed by atoms with van der Waals surface area (Å²) in [6.07, 6.45) is -0.188. The average molecular weight is 345 g/mol. The Morgan fingerprint density at radius 1 is 1.28 bits per heavy atom. The van der Waals surface area contributed by atoms with E-state index < -0.39 is 17.9 Å². The standard InChI is InChI=1S/C18H23N3O4/c1-11(17-12(2)21-25-13(17)3)20-18(23)15(19)9-16(22)24-10-14-7-5-4-6-8-14/h4-8,11,15H,9-10,19H2,1-3H3,(H,20,23)/t11?,15-/m0/s1. The highest BCUT2D eigenvalue weighted by Crippen LogP contribution is 2.20. The number of hydrogen-bond donors (Lipinski definition) is 2. The van der Waals surface area contributed by atoms with Gasteiger partial charge in [-0.1, -0.05) is 35.5 Å². The van der Waals surface area contributed by atoms with Crippen LogP contribution in [0, 0.1) is 13.8 Å². The molecule has 1 amide bonds. The predicted octanol–water partition coefficient (Wildman–Crippen LogP) is 1.93. The third kappa shape index (κ3) is 5.15. The van der Waals surface area contributed by atoms with E-state index >= 15 is 0 Å². The molecule has 0 fully saturated rings. The summed E-state index contributed by atoms with van der Waals surface area (Å²) in [7, 11) is 0. The molecule has 0 aliphatic carbocycles. The number of nitrogens with one attached hydrogen (secondary N) is 1. The molecule has 2 rings (SSSR count). The average Bonchev–Trinajstić information content (AvgIpc) is 2.92. The molecule has 0 radical (unpaired) electrons. The third-order valence-electron chi connectivity index (χ3n) is 3.85. The largest absolute Gasteiger partial charge is 0.461 e. The van der Waals surface area contributed by atoms with Gasteiger partial charge in [0.2, 0.25) is 5.91 Å². The molecule has 0 bridgehead atoms. The molecule has 134 valence electrons. The van der Waals surface area contributed by atoms with E-state index in [1.54, 1.807) is 13.8 Å². The summed E-state index contributed by atoms with van der Waals surface area (Å²) in [4.78, 5) is 24.0. The summed E-state index contributed by atoms with van der Waals surface area (Å²) in [5.41, 5.74) is 8.21. The van der Waals surface area contributed by atoms with Gasteiger partial charge in [0.1, 0.15) is 12.4 Å². The van der Waals surface area contributed by atoms with E-state index in [2.05, 4.69) is 10.5 Å². The molecule has 1 aromatic heterocycles. The van der Waals surface area contributed by atoms with Crippen LogP contribution in [-0.4, -0.2) is 23.1 Å². The second kappa shape index (κ2) is 8.43. The number of aromatic nitrogens is 1. The van der Waals surface area contributed by atoms with Gasteiger partial charge in [0.25, 0.3) is 0 Å². The molecular formula is C18H23N3O4. The maximum atomic E-state index is 12.2. The van der Waals surface area contributed by atoms with Crippen molar-refractivity contribution in [2.45, 2.75) is 45.9 Å². The second-order valence-electron chi connectivity index (χ2n) is 5.93. The Labute approximate surface area is 146 Å². The molecule has 25 heavy (non-hydrogen) atoms. The lowest BCUT2D eigenvalue weighted by Crippen LogP contribution is -2.43. The Balaban J connectivity index is 1.82. The minimum absolute atomic E-state index is 0.156. The topological polar surface area (TPSA) is 107 Å². The van der Waals surface area contributed by atoms with E-state index in [1.807, 2.05) is 37.3 Å². The lowest BCUT2D eigenvalue weighted by molar-refractivity contribution is -0.146. The van der Waals surface area contributed by atoms with Crippen LogP contribution in [-0.2, 0) is 20.9 Å². The van der Waals surface area contributed by atoms with E-state index in [9.17, 15) is 9.59 Å². The molecule has 2 aromatic rings. The first-order valence-corrected chi connectivity index (χ1v) is 8.06. The lowest BCUT2D eigenvalue weighted by atomic mass is 10.1. The third-order valence-corrected chi connectivity index (χ3v) is 3.85. The number of carbonyl (C=O) groups excluding carboxylic acids is 2. The van der Waals surface area contributed by atoms with Crippen molar-refractivity contribution in [1.29, 1.82) is 0 Å². The number of esters is 1. The van der Waals surface area contributed by atoms with Crippen molar-refractivity contribution in [3.05, 3.63) is 52.9 Å². The molecule has 3 N–H and O–H groups in total. The van der Waals surface area contributed by atoms with Crippen LogP contribution >= 0.6 is 0 Å². The van der Waals surface area contributed by atoms with Gasteiger partial charge >= 0.3 is 5.97 Å². The van der Waals surface area contributed by atoms with Crippen LogP contribution in [0.1, 0.15) is 42.0 Å². The van der Waals surface area contributed by atoms with Crippen molar-refractivity contribution >= 4 is 11.9 Å². The fourth-order valence-electron chi connectivity index (χ4n) is 2.57. The summed E-state index contributed by atoms with van der Waals surface area (Å²) in [5.74, 6) is -0.304. The molecule has 7 nitrogen and oxygen atoms in total. The van der Waals surface area contributed by atoms with Gasteiger partial charge in [-0.25, -0.2) is 0 Å². The van der Waals surface area contributed by atoms with Gasteiger partial charge in [-0.05, 0) is 26.3 Å². The number of nitrogens with two attached hydrogens (primary N) is 1. The van der Waals surface area contributed by atoms with Crippen molar-refractivity contribution in [3.63, 3.8) is 0 Å². The van der Waals surface area contributed by atoms with Crippen molar-refractivity contribution in [3.8, 4) is 0 Å². The fourth-order valence-corrected chi connectivity index (χ4v) is 2.57. The highest BCUT2D eigenvalue weighted by atomic mass is 16.5. The van der Waals surface area contributed by atoms with E-state index in [-0.39, 0.29) is 19.1 Å². The fraction of sp³-hybridized carbons (Fsp3) is 0.389. The molecule has 0 aliphatic rings. The molecule has 1 heterocycles. The Kier molecular flexibility index (Phi) is 6.30. The highest BCUT2D eigenvalue weighted by Gasteiger charge is 2.23. The minimum atomic E-state index is -0.980. The van der Waals surface area contributed by atoms with Gasteiger partial charge in [-0.15, -0.1) is 0 Å². The van der Waals surface area contributed by atoms with Gasteiger partial charge < -0.3 is 20.3 Å². The molecule has 7 heteroatoms. The molecule has 1 unspecified atom stereocenters. The monoisotopic (exact) mass is 345 g/mol. The van der Waals surface area contributed by atoms with E-state index in [1.165, 1.54) is 0 Å². The summed E-state index contributed by atoms with van der Waals surface area (Å²) < 4.78 is 10.2. The van der Waals surface area contributed by atoms with E-state index in [0.717, 1.165) is 11.1 Å². The summed E-state index contributed by atoms with van der Waals surface area (Å²) in [6.45, 7) is 5.54. The van der Waals surface area contributed by atoms with E-state index in [4.69, 9.17) is 15.0 Å². The van der Waals surface area contributed by atoms with Gasteiger partial charge in [0.05, 0.1) is 24.2 Å². The molecule has 2 atom stereocenters. The van der Waals surface area contributed by atoms with Crippen molar-refractivity contribution in [2.75, 3.05) is 0 Å². The van der Waals surface area contributed by atoms with Crippen LogP contribution < -0.4 is 11.1 Å². The Morgan fingerprint density at radius 3 is 2.56 bits per heavy atom. The molecule has 0 aliphatic heterocycles. The Morgan fingerprint density at radius 2 is 1.96 bits per heavy atom. The maximum Gasteiger partial charge on any atom is 0.308 e. The van der Waals surface area contributed by atoms with Crippen molar-refractivity contribution in [2.24, 2.45) is 5.73 Å². The quantitative estimate of drug-likeness (QED) is 0.743. The van der Waals surface area contributed by atoms with Crippen molar-refractivity contribution in [1.82, 2.24) is 10.5 Å². The maximum absolute atomic E-state index is 12.2. The SMILES string of the molecule is Cc1noc(C)c1C(C)NC(=O)[C@@H](N)CC(=O)OCc1ccccc1. The zero-order valence-corrected chi connectivity index (χ0v) is 14.6. The van der Waals surface area contributed by atoms with Gasteiger partial charge in [0, 0.05) is 5.56 Å². The van der Waals surface area contributed by atoms with Crippen LogP contribution in [0.15, 0.2) is 34.9 Å². The van der Waals surface area contributed by atoms with Crippen LogP contribution in [0.25, 0.3) is 0 Å². The number of rotatable bonds is 7. The number of nitrogens with zero attached hydrogens (tertiary/aromatic N) is 1. The van der Waals surface area contributed by atoms with Crippen molar-refractivity contribution < 1.29 is 18.8 Å². The first kappa shape index (κ1) is 18.7. The lowest BCUT2D eigenvalue weighted by Gasteiger charge is -2.17. The number of hydrogen-bond acceptors (Lipinski definition) is 6. The molecule has 0 saturated carbocycles.